The molecule has 1 unspecified atom stereocenters. The van der Waals surface area contributed by atoms with Crippen molar-refractivity contribution >= 4 is 10.4 Å². The maximum Gasteiger partial charge on any atom is 0.407 e. The van der Waals surface area contributed by atoms with Gasteiger partial charge < -0.3 is 14.9 Å². The van der Waals surface area contributed by atoms with Gasteiger partial charge in [-0.2, -0.15) is 12.6 Å². The molecule has 124 valence electrons. The number of ether oxygens (including phenoxy) is 3. The second-order valence-corrected chi connectivity index (χ2v) is 6.46. The van der Waals surface area contributed by atoms with Gasteiger partial charge in [0, 0.05) is 6.42 Å². The minimum absolute atomic E-state index is 0.0336. The van der Waals surface area contributed by atoms with Crippen molar-refractivity contribution in [3.05, 3.63) is 0 Å². The lowest BCUT2D eigenvalue weighted by Crippen LogP contribution is -2.67. The zero-order valence-electron chi connectivity index (χ0n) is 11.9. The summed E-state index contributed by atoms with van der Waals surface area (Å²) in [5.74, 6) is -4.21. The molecule has 10 heteroatoms. The summed E-state index contributed by atoms with van der Waals surface area (Å²) in [6, 6.07) is 0. The van der Waals surface area contributed by atoms with Crippen LogP contribution in [0, 0.1) is 5.92 Å². The number of rotatable bonds is 7. The van der Waals surface area contributed by atoms with Gasteiger partial charge in [0.05, 0.1) is 19.8 Å². The van der Waals surface area contributed by atoms with Crippen LogP contribution < -0.4 is 0 Å². The number of aliphatic hydroxyl groups is 2. The molecule has 1 spiro atoms. The largest absolute Gasteiger partial charge is 0.407 e. The third-order valence-electron chi connectivity index (χ3n) is 3.05. The van der Waals surface area contributed by atoms with Gasteiger partial charge in [-0.15, -0.1) is 0 Å². The van der Waals surface area contributed by atoms with Crippen LogP contribution in [0.2, 0.25) is 0 Å². The molecule has 2 aliphatic rings. The Morgan fingerprint density at radius 1 is 1.29 bits per heavy atom. The van der Waals surface area contributed by atoms with Gasteiger partial charge in [0.1, 0.15) is 0 Å². The summed E-state index contributed by atoms with van der Waals surface area (Å²) >= 11 is 0. The lowest BCUT2D eigenvalue weighted by Gasteiger charge is -2.46. The summed E-state index contributed by atoms with van der Waals surface area (Å²) in [5.41, 5.74) is 0. The third kappa shape index (κ3) is 3.54. The molecule has 1 atom stereocenters. The summed E-state index contributed by atoms with van der Waals surface area (Å²) in [7, 11) is -4.40. The Labute approximate surface area is 123 Å². The monoisotopic (exact) mass is 328 g/mol. The molecule has 0 amide bonds. The van der Waals surface area contributed by atoms with Crippen LogP contribution in [-0.4, -0.2) is 56.5 Å². The first-order chi connectivity index (χ1) is 9.72. The van der Waals surface area contributed by atoms with E-state index in [2.05, 4.69) is 8.37 Å². The molecule has 0 bridgehead atoms. The van der Waals surface area contributed by atoms with E-state index in [1.54, 1.807) is 0 Å². The molecule has 2 rings (SSSR count). The first-order valence-electron chi connectivity index (χ1n) is 6.65. The van der Waals surface area contributed by atoms with E-state index >= 15 is 0 Å². The molecule has 0 aromatic carbocycles. The summed E-state index contributed by atoms with van der Waals surface area (Å²) in [4.78, 5) is 0. The highest BCUT2D eigenvalue weighted by molar-refractivity contribution is 7.82. The zero-order chi connectivity index (χ0) is 15.7. The van der Waals surface area contributed by atoms with Crippen molar-refractivity contribution in [1.29, 1.82) is 0 Å². The lowest BCUT2D eigenvalue weighted by atomic mass is 10.0. The fourth-order valence-electron chi connectivity index (χ4n) is 2.01. The van der Waals surface area contributed by atoms with Crippen LogP contribution in [0.1, 0.15) is 26.7 Å². The van der Waals surface area contributed by atoms with Gasteiger partial charge in [0.2, 0.25) is 0 Å². The maximum absolute atomic E-state index is 11.4. The number of hydrogen-bond donors (Lipinski definition) is 2. The highest BCUT2D eigenvalue weighted by Gasteiger charge is 2.73. The molecule has 0 saturated carbocycles. The molecule has 2 aliphatic heterocycles. The van der Waals surface area contributed by atoms with Crippen molar-refractivity contribution in [1.82, 2.24) is 0 Å². The van der Waals surface area contributed by atoms with E-state index in [1.807, 2.05) is 13.8 Å². The van der Waals surface area contributed by atoms with Gasteiger partial charge >= 0.3 is 16.4 Å². The molecule has 2 fully saturated rings. The van der Waals surface area contributed by atoms with Crippen LogP contribution >= 0.6 is 0 Å². The summed E-state index contributed by atoms with van der Waals surface area (Å²) in [6.07, 6.45) is -0.456. The second-order valence-electron chi connectivity index (χ2n) is 5.31. The van der Waals surface area contributed by atoms with Crippen LogP contribution in [0.4, 0.5) is 0 Å². The zero-order valence-corrected chi connectivity index (χ0v) is 12.7. The Balaban J connectivity index is 2.00. The molecule has 2 N–H and O–H groups in total. The van der Waals surface area contributed by atoms with Crippen LogP contribution in [0.3, 0.4) is 0 Å². The van der Waals surface area contributed by atoms with Crippen LogP contribution in [0.15, 0.2) is 0 Å². The molecule has 0 aromatic rings. The van der Waals surface area contributed by atoms with Gasteiger partial charge in [0.15, 0.2) is 6.29 Å². The van der Waals surface area contributed by atoms with E-state index in [9.17, 15) is 13.5 Å². The van der Waals surface area contributed by atoms with E-state index in [4.69, 9.17) is 19.3 Å². The van der Waals surface area contributed by atoms with E-state index < -0.39 is 28.4 Å². The molecule has 0 aliphatic carbocycles. The molecular weight excluding hydrogens is 308 g/mol. The highest BCUT2D eigenvalue weighted by atomic mass is 32.3. The van der Waals surface area contributed by atoms with Crippen molar-refractivity contribution in [3.8, 4) is 0 Å². The van der Waals surface area contributed by atoms with Crippen molar-refractivity contribution < 1.29 is 41.2 Å². The average molecular weight is 328 g/mol. The van der Waals surface area contributed by atoms with Crippen molar-refractivity contribution in [3.63, 3.8) is 0 Å². The van der Waals surface area contributed by atoms with Gasteiger partial charge in [-0.05, 0) is 12.3 Å². The van der Waals surface area contributed by atoms with Gasteiger partial charge in [0.25, 0.3) is 5.79 Å². The first kappa shape index (κ1) is 17.0. The normalized spacial score (nSPS) is 38.0. The van der Waals surface area contributed by atoms with Crippen LogP contribution in [-0.2, 0) is 33.0 Å². The Hall–Kier alpha value is -0.330. The van der Waals surface area contributed by atoms with Gasteiger partial charge in [-0.25, -0.2) is 4.18 Å². The fourth-order valence-corrected chi connectivity index (χ4v) is 3.04. The minimum atomic E-state index is -4.40. The first-order valence-corrected chi connectivity index (χ1v) is 7.98. The van der Waals surface area contributed by atoms with Crippen molar-refractivity contribution in [2.24, 2.45) is 5.92 Å². The smallest absolute Gasteiger partial charge is 0.394 e. The van der Waals surface area contributed by atoms with Gasteiger partial charge in [-0.3, -0.25) is 9.47 Å². The topological polar surface area (TPSA) is 121 Å². The van der Waals surface area contributed by atoms with Gasteiger partial charge in [-0.1, -0.05) is 13.8 Å². The lowest BCUT2D eigenvalue weighted by molar-refractivity contribution is -0.569. The van der Waals surface area contributed by atoms with Crippen molar-refractivity contribution in [2.45, 2.75) is 44.7 Å². The average Bonchev–Trinajstić information content (AvgIpc) is 2.53. The summed E-state index contributed by atoms with van der Waals surface area (Å²) in [6.45, 7) is 3.71. The third-order valence-corrected chi connectivity index (χ3v) is 3.96. The molecule has 0 aromatic heterocycles. The SMILES string of the molecule is CC(C)CCC1(O)OS(=O)(=O)OC12OC(COCCO)O2. The minimum Gasteiger partial charge on any atom is -0.394 e. The Kier molecular flexibility index (Phi) is 4.90. The van der Waals surface area contributed by atoms with E-state index in [0.717, 1.165) is 0 Å². The standard InChI is InChI=1S/C11H20O9S/c1-8(2)3-4-10(13)11(20-21(14,15)19-10)17-9(18-11)7-16-6-5-12/h8-9,12-13H,3-7H2,1-2H3. The Morgan fingerprint density at radius 2 is 1.95 bits per heavy atom. The molecule has 0 radical (unpaired) electrons. The maximum atomic E-state index is 11.4. The molecule has 2 heterocycles. The molecule has 9 nitrogen and oxygen atoms in total. The predicted octanol–water partition coefficient (Wildman–Crippen LogP) is -0.562. The van der Waals surface area contributed by atoms with E-state index in [-0.39, 0.29) is 32.2 Å². The number of aliphatic hydroxyl groups excluding tert-OH is 1. The highest BCUT2D eigenvalue weighted by Crippen LogP contribution is 2.50. The van der Waals surface area contributed by atoms with E-state index in [1.165, 1.54) is 0 Å². The second kappa shape index (κ2) is 6.05. The molecule has 21 heavy (non-hydrogen) atoms. The predicted molar refractivity (Wildman–Crippen MR) is 66.7 cm³/mol. The number of hydrogen-bond acceptors (Lipinski definition) is 9. The molecule has 2 saturated heterocycles. The fraction of sp³-hybridized carbons (Fsp3) is 1.00. The van der Waals surface area contributed by atoms with E-state index in [0.29, 0.717) is 6.42 Å². The Bertz CT molecular complexity index is 456. The van der Waals surface area contributed by atoms with Crippen LogP contribution in [0.5, 0.6) is 0 Å². The van der Waals surface area contributed by atoms with Crippen LogP contribution in [0.25, 0.3) is 0 Å². The van der Waals surface area contributed by atoms with Crippen molar-refractivity contribution in [2.75, 3.05) is 19.8 Å². The Morgan fingerprint density at radius 3 is 2.52 bits per heavy atom. The molecular formula is C11H20O9S. The summed E-state index contributed by atoms with van der Waals surface area (Å²) < 4.78 is 47.5. The quantitative estimate of drug-likeness (QED) is 0.592. The summed E-state index contributed by atoms with van der Waals surface area (Å²) in [5, 5.41) is 19.0.